The van der Waals surface area contributed by atoms with Crippen LogP contribution in [-0.2, 0) is 4.79 Å². The molecule has 0 atom stereocenters. The Hall–Kier alpha value is -1.99. The van der Waals surface area contributed by atoms with Crippen LogP contribution in [0.4, 0.5) is 0 Å². The largest absolute Gasteiger partial charge is 0.480 e. The second-order valence-corrected chi connectivity index (χ2v) is 3.32. The SMILES string of the molecule is O=C(O)CNC(=O)c1ccccc1C#CCCl. The first-order valence-electron chi connectivity index (χ1n) is 4.79. The number of amides is 1. The summed E-state index contributed by atoms with van der Waals surface area (Å²) in [6, 6.07) is 6.68. The highest BCUT2D eigenvalue weighted by Crippen LogP contribution is 2.06. The molecule has 0 spiro atoms. The fraction of sp³-hybridized carbons (Fsp3) is 0.167. The van der Waals surface area contributed by atoms with Crippen LogP contribution in [0.5, 0.6) is 0 Å². The summed E-state index contributed by atoms with van der Waals surface area (Å²) in [5.41, 5.74) is 0.863. The average molecular weight is 252 g/mol. The molecule has 17 heavy (non-hydrogen) atoms. The maximum atomic E-state index is 11.7. The maximum Gasteiger partial charge on any atom is 0.322 e. The monoisotopic (exact) mass is 251 g/mol. The molecule has 0 bridgehead atoms. The lowest BCUT2D eigenvalue weighted by atomic mass is 10.1. The summed E-state index contributed by atoms with van der Waals surface area (Å²) < 4.78 is 0. The van der Waals surface area contributed by atoms with E-state index in [0.29, 0.717) is 11.1 Å². The number of carboxylic acid groups (broad SMARTS) is 1. The smallest absolute Gasteiger partial charge is 0.322 e. The van der Waals surface area contributed by atoms with E-state index in [2.05, 4.69) is 17.2 Å². The Balaban J connectivity index is 2.89. The van der Waals surface area contributed by atoms with Crippen molar-refractivity contribution in [1.82, 2.24) is 5.32 Å². The number of benzene rings is 1. The van der Waals surface area contributed by atoms with Gasteiger partial charge in [-0.05, 0) is 12.1 Å². The zero-order chi connectivity index (χ0) is 12.7. The van der Waals surface area contributed by atoms with E-state index in [1.807, 2.05) is 0 Å². The molecule has 0 fully saturated rings. The topological polar surface area (TPSA) is 66.4 Å². The zero-order valence-corrected chi connectivity index (χ0v) is 9.62. The van der Waals surface area contributed by atoms with Crippen LogP contribution < -0.4 is 5.32 Å². The van der Waals surface area contributed by atoms with Crippen LogP contribution in [-0.4, -0.2) is 29.4 Å². The third-order valence-corrected chi connectivity index (χ3v) is 2.00. The summed E-state index contributed by atoms with van der Waals surface area (Å²) in [6.07, 6.45) is 0. The third-order valence-electron chi connectivity index (χ3n) is 1.86. The van der Waals surface area contributed by atoms with Gasteiger partial charge in [0.25, 0.3) is 5.91 Å². The van der Waals surface area contributed by atoms with Gasteiger partial charge in [-0.25, -0.2) is 0 Å². The number of hydrogen-bond acceptors (Lipinski definition) is 2. The van der Waals surface area contributed by atoms with Crippen LogP contribution in [0.3, 0.4) is 0 Å². The van der Waals surface area contributed by atoms with Crippen molar-refractivity contribution in [3.63, 3.8) is 0 Å². The molecule has 0 saturated heterocycles. The van der Waals surface area contributed by atoms with Gasteiger partial charge in [0, 0.05) is 5.56 Å². The summed E-state index contributed by atoms with van der Waals surface area (Å²) in [6.45, 7) is -0.421. The van der Waals surface area contributed by atoms with Crippen LogP contribution in [0.2, 0.25) is 0 Å². The van der Waals surface area contributed by atoms with Gasteiger partial charge in [-0.2, -0.15) is 0 Å². The normalized spacial score (nSPS) is 9.00. The molecule has 4 nitrogen and oxygen atoms in total. The molecule has 0 aliphatic carbocycles. The van der Waals surface area contributed by atoms with Crippen LogP contribution in [0.25, 0.3) is 0 Å². The van der Waals surface area contributed by atoms with Gasteiger partial charge in [-0.3, -0.25) is 9.59 Å². The predicted octanol–water partition coefficient (Wildman–Crippen LogP) is 1.09. The van der Waals surface area contributed by atoms with Crippen molar-refractivity contribution in [2.75, 3.05) is 12.4 Å². The highest BCUT2D eigenvalue weighted by atomic mass is 35.5. The molecule has 1 amide bonds. The van der Waals surface area contributed by atoms with Gasteiger partial charge in [0.05, 0.1) is 11.4 Å². The maximum absolute atomic E-state index is 11.7. The fourth-order valence-corrected chi connectivity index (χ4v) is 1.24. The number of rotatable bonds is 3. The van der Waals surface area contributed by atoms with Crippen LogP contribution in [0, 0.1) is 11.8 Å². The van der Waals surface area contributed by atoms with Crippen molar-refractivity contribution >= 4 is 23.5 Å². The average Bonchev–Trinajstić information content (AvgIpc) is 2.33. The van der Waals surface area contributed by atoms with Crippen LogP contribution >= 0.6 is 11.6 Å². The number of aliphatic carboxylic acids is 1. The first kappa shape index (κ1) is 13.1. The zero-order valence-electron chi connectivity index (χ0n) is 8.87. The molecule has 5 heteroatoms. The number of carboxylic acids is 1. The molecular weight excluding hydrogens is 242 g/mol. The van der Waals surface area contributed by atoms with Gasteiger partial charge in [0.1, 0.15) is 6.54 Å². The molecule has 0 radical (unpaired) electrons. The summed E-state index contributed by atoms with van der Waals surface area (Å²) in [5, 5.41) is 10.7. The lowest BCUT2D eigenvalue weighted by Crippen LogP contribution is -2.29. The Morgan fingerprint density at radius 3 is 2.71 bits per heavy atom. The van der Waals surface area contributed by atoms with E-state index >= 15 is 0 Å². The first-order valence-corrected chi connectivity index (χ1v) is 5.32. The van der Waals surface area contributed by atoms with Gasteiger partial charge in [0.2, 0.25) is 0 Å². The standard InChI is InChI=1S/C12H10ClNO3/c13-7-3-5-9-4-1-2-6-10(9)12(17)14-8-11(15)16/h1-2,4,6H,7-8H2,(H,14,17)(H,15,16). The Bertz CT molecular complexity index is 488. The van der Waals surface area contributed by atoms with Crippen LogP contribution in [0.15, 0.2) is 24.3 Å². The minimum absolute atomic E-state index is 0.172. The molecule has 0 aliphatic heterocycles. The molecule has 2 N–H and O–H groups in total. The van der Waals surface area contributed by atoms with Gasteiger partial charge < -0.3 is 10.4 Å². The van der Waals surface area contributed by atoms with E-state index in [-0.39, 0.29) is 5.88 Å². The molecule has 0 unspecified atom stereocenters. The van der Waals surface area contributed by atoms with Gasteiger partial charge >= 0.3 is 5.97 Å². The van der Waals surface area contributed by atoms with Crippen molar-refractivity contribution in [2.24, 2.45) is 0 Å². The molecular formula is C12H10ClNO3. The number of carbonyl (C=O) groups is 2. The first-order chi connectivity index (χ1) is 8.15. The predicted molar refractivity (Wildman–Crippen MR) is 64.0 cm³/mol. The van der Waals surface area contributed by atoms with E-state index in [9.17, 15) is 9.59 Å². The van der Waals surface area contributed by atoms with Gasteiger partial charge in [0.15, 0.2) is 0 Å². The van der Waals surface area contributed by atoms with Crippen molar-refractivity contribution in [3.8, 4) is 11.8 Å². The minimum Gasteiger partial charge on any atom is -0.480 e. The molecule has 1 aromatic rings. The van der Waals surface area contributed by atoms with E-state index in [1.165, 1.54) is 0 Å². The highest BCUT2D eigenvalue weighted by molar-refractivity contribution is 6.19. The highest BCUT2D eigenvalue weighted by Gasteiger charge is 2.10. The van der Waals surface area contributed by atoms with E-state index in [1.54, 1.807) is 24.3 Å². The summed E-state index contributed by atoms with van der Waals surface area (Å²) in [5.74, 6) is 4.00. The summed E-state index contributed by atoms with van der Waals surface area (Å²) >= 11 is 5.43. The molecule has 0 aliphatic rings. The van der Waals surface area contributed by atoms with Crippen molar-refractivity contribution in [2.45, 2.75) is 0 Å². The number of halogens is 1. The Labute approximate surface area is 104 Å². The van der Waals surface area contributed by atoms with Crippen molar-refractivity contribution in [1.29, 1.82) is 0 Å². The molecule has 1 rings (SSSR count). The fourth-order valence-electron chi connectivity index (χ4n) is 1.17. The van der Waals surface area contributed by atoms with E-state index in [4.69, 9.17) is 16.7 Å². The van der Waals surface area contributed by atoms with E-state index in [0.717, 1.165) is 0 Å². The van der Waals surface area contributed by atoms with Gasteiger partial charge in [-0.15, -0.1) is 11.6 Å². The Morgan fingerprint density at radius 1 is 1.35 bits per heavy atom. The molecule has 1 aromatic carbocycles. The number of alkyl halides is 1. The molecule has 0 aromatic heterocycles. The number of nitrogens with one attached hydrogen (secondary N) is 1. The Morgan fingerprint density at radius 2 is 2.06 bits per heavy atom. The van der Waals surface area contributed by atoms with Gasteiger partial charge in [-0.1, -0.05) is 24.0 Å². The summed E-state index contributed by atoms with van der Waals surface area (Å²) in [7, 11) is 0. The van der Waals surface area contributed by atoms with E-state index < -0.39 is 18.4 Å². The molecule has 88 valence electrons. The second kappa shape index (κ2) is 6.56. The lowest BCUT2D eigenvalue weighted by molar-refractivity contribution is -0.135. The molecule has 0 heterocycles. The minimum atomic E-state index is -1.09. The van der Waals surface area contributed by atoms with Crippen LogP contribution in [0.1, 0.15) is 15.9 Å². The number of carbonyl (C=O) groups excluding carboxylic acids is 1. The van der Waals surface area contributed by atoms with Crippen molar-refractivity contribution in [3.05, 3.63) is 35.4 Å². The summed E-state index contributed by atoms with van der Waals surface area (Å²) in [4.78, 5) is 22.0. The molecule has 0 saturated carbocycles. The lowest BCUT2D eigenvalue weighted by Gasteiger charge is -2.04. The number of hydrogen-bond donors (Lipinski definition) is 2. The Kier molecular flexibility index (Phi) is 5.05. The quantitative estimate of drug-likeness (QED) is 0.624. The third kappa shape index (κ3) is 4.17. The van der Waals surface area contributed by atoms with Crippen molar-refractivity contribution < 1.29 is 14.7 Å². The second-order valence-electron chi connectivity index (χ2n) is 3.06.